The van der Waals surface area contributed by atoms with Gasteiger partial charge in [-0.15, -0.1) is 0 Å². The maximum atomic E-state index is 12.1. The summed E-state index contributed by atoms with van der Waals surface area (Å²) in [6, 6.07) is 7.49. The molecule has 116 valence electrons. The Bertz CT molecular complexity index is 459. The second-order valence-corrected chi connectivity index (χ2v) is 5.05. The Morgan fingerprint density at radius 1 is 1.24 bits per heavy atom. The minimum Gasteiger partial charge on any atom is -0.483 e. The number of amides is 1. The number of hydrogen-bond acceptors (Lipinski definition) is 5. The third-order valence-corrected chi connectivity index (χ3v) is 3.68. The number of benzene rings is 1. The third-order valence-electron chi connectivity index (χ3n) is 3.68. The quantitative estimate of drug-likeness (QED) is 0.750. The highest BCUT2D eigenvalue weighted by Crippen LogP contribution is 2.17. The van der Waals surface area contributed by atoms with Crippen molar-refractivity contribution >= 4 is 5.91 Å². The SMILES string of the molecule is NCc1ccccc1OCC(=O)N1CCN(CCO)CC1. The Hall–Kier alpha value is -1.63. The first kappa shape index (κ1) is 15.8. The van der Waals surface area contributed by atoms with E-state index in [2.05, 4.69) is 4.90 Å². The van der Waals surface area contributed by atoms with Crippen molar-refractivity contribution in [3.8, 4) is 5.75 Å². The van der Waals surface area contributed by atoms with Gasteiger partial charge < -0.3 is 20.5 Å². The highest BCUT2D eigenvalue weighted by molar-refractivity contribution is 5.78. The fourth-order valence-electron chi connectivity index (χ4n) is 2.41. The summed E-state index contributed by atoms with van der Waals surface area (Å²) in [5.41, 5.74) is 6.54. The van der Waals surface area contributed by atoms with Crippen LogP contribution in [-0.4, -0.2) is 66.8 Å². The van der Waals surface area contributed by atoms with Gasteiger partial charge in [0, 0.05) is 44.8 Å². The van der Waals surface area contributed by atoms with Gasteiger partial charge in [0.05, 0.1) is 6.61 Å². The predicted octanol–water partition coefficient (Wildman–Crippen LogP) is -0.339. The van der Waals surface area contributed by atoms with Crippen molar-refractivity contribution in [1.82, 2.24) is 9.80 Å². The summed E-state index contributed by atoms with van der Waals surface area (Å²) < 4.78 is 5.59. The molecule has 1 fully saturated rings. The molecule has 0 saturated carbocycles. The number of hydrogen-bond donors (Lipinski definition) is 2. The molecule has 0 bridgehead atoms. The molecule has 3 N–H and O–H groups in total. The van der Waals surface area contributed by atoms with E-state index in [9.17, 15) is 4.79 Å². The number of para-hydroxylation sites is 1. The van der Waals surface area contributed by atoms with Crippen LogP contribution in [0.25, 0.3) is 0 Å². The highest BCUT2D eigenvalue weighted by atomic mass is 16.5. The second kappa shape index (κ2) is 7.97. The number of rotatable bonds is 6. The fraction of sp³-hybridized carbons (Fsp3) is 0.533. The van der Waals surface area contributed by atoms with Gasteiger partial charge in [-0.1, -0.05) is 18.2 Å². The molecule has 0 atom stereocenters. The Kier molecular flexibility index (Phi) is 5.98. The van der Waals surface area contributed by atoms with Crippen LogP contribution in [0.4, 0.5) is 0 Å². The summed E-state index contributed by atoms with van der Waals surface area (Å²) in [5, 5.41) is 8.90. The van der Waals surface area contributed by atoms with E-state index in [4.69, 9.17) is 15.6 Å². The van der Waals surface area contributed by atoms with E-state index in [0.717, 1.165) is 18.7 Å². The van der Waals surface area contributed by atoms with Crippen molar-refractivity contribution in [2.24, 2.45) is 5.73 Å². The number of β-amino-alcohol motifs (C(OH)–C–C–N with tert-alkyl or cyclic N) is 1. The van der Waals surface area contributed by atoms with Crippen molar-refractivity contribution in [1.29, 1.82) is 0 Å². The molecule has 21 heavy (non-hydrogen) atoms. The molecular formula is C15H23N3O3. The van der Waals surface area contributed by atoms with Crippen LogP contribution in [0.15, 0.2) is 24.3 Å². The van der Waals surface area contributed by atoms with Gasteiger partial charge in [0.15, 0.2) is 6.61 Å². The standard InChI is InChI=1S/C15H23N3O3/c16-11-13-3-1-2-4-14(13)21-12-15(20)18-7-5-17(6-8-18)9-10-19/h1-4,19H,5-12,16H2. The van der Waals surface area contributed by atoms with Crippen LogP contribution in [-0.2, 0) is 11.3 Å². The van der Waals surface area contributed by atoms with Gasteiger partial charge in [-0.2, -0.15) is 0 Å². The maximum absolute atomic E-state index is 12.1. The lowest BCUT2D eigenvalue weighted by molar-refractivity contribution is -0.135. The zero-order chi connectivity index (χ0) is 15.1. The number of nitrogens with zero attached hydrogens (tertiary/aromatic N) is 2. The van der Waals surface area contributed by atoms with E-state index < -0.39 is 0 Å². The molecule has 6 nitrogen and oxygen atoms in total. The number of piperazine rings is 1. The molecule has 0 unspecified atom stereocenters. The maximum Gasteiger partial charge on any atom is 0.260 e. The Morgan fingerprint density at radius 2 is 1.95 bits per heavy atom. The van der Waals surface area contributed by atoms with Crippen LogP contribution in [0.3, 0.4) is 0 Å². The topological polar surface area (TPSA) is 79.0 Å². The van der Waals surface area contributed by atoms with Crippen LogP contribution < -0.4 is 10.5 Å². The summed E-state index contributed by atoms with van der Waals surface area (Å²) in [7, 11) is 0. The second-order valence-electron chi connectivity index (χ2n) is 5.05. The van der Waals surface area contributed by atoms with Crippen molar-refractivity contribution in [2.75, 3.05) is 45.9 Å². The lowest BCUT2D eigenvalue weighted by Gasteiger charge is -2.34. The Labute approximate surface area is 125 Å². The minimum atomic E-state index is -0.00882. The molecule has 1 amide bonds. The van der Waals surface area contributed by atoms with Crippen molar-refractivity contribution < 1.29 is 14.6 Å². The van der Waals surface area contributed by atoms with Crippen LogP contribution in [0.1, 0.15) is 5.56 Å². The molecule has 1 saturated heterocycles. The number of nitrogens with two attached hydrogens (primary N) is 1. The average molecular weight is 293 g/mol. The first-order valence-corrected chi connectivity index (χ1v) is 7.26. The first-order chi connectivity index (χ1) is 10.2. The van der Waals surface area contributed by atoms with Crippen LogP contribution in [0.5, 0.6) is 5.75 Å². The molecule has 2 rings (SSSR count). The molecule has 0 aliphatic carbocycles. The van der Waals surface area contributed by atoms with Gasteiger partial charge in [-0.05, 0) is 6.07 Å². The van der Waals surface area contributed by atoms with Gasteiger partial charge in [-0.25, -0.2) is 0 Å². The summed E-state index contributed by atoms with van der Waals surface area (Å²) in [5.74, 6) is 0.665. The average Bonchev–Trinajstić information content (AvgIpc) is 2.54. The molecule has 1 aliphatic rings. The highest BCUT2D eigenvalue weighted by Gasteiger charge is 2.21. The van der Waals surface area contributed by atoms with Crippen LogP contribution in [0, 0.1) is 0 Å². The number of aliphatic hydroxyl groups excluding tert-OH is 1. The number of aliphatic hydroxyl groups is 1. The normalized spacial score (nSPS) is 16.0. The first-order valence-electron chi connectivity index (χ1n) is 7.26. The Morgan fingerprint density at radius 3 is 2.62 bits per heavy atom. The van der Waals surface area contributed by atoms with E-state index in [-0.39, 0.29) is 19.1 Å². The van der Waals surface area contributed by atoms with Gasteiger partial charge >= 0.3 is 0 Å². The van der Waals surface area contributed by atoms with E-state index in [1.54, 1.807) is 4.90 Å². The van der Waals surface area contributed by atoms with Gasteiger partial charge in [0.25, 0.3) is 5.91 Å². The molecule has 1 aromatic carbocycles. The molecule has 0 radical (unpaired) electrons. The third kappa shape index (κ3) is 4.42. The van der Waals surface area contributed by atoms with Gasteiger partial charge in [-0.3, -0.25) is 9.69 Å². The molecule has 0 aromatic heterocycles. The summed E-state index contributed by atoms with van der Waals surface area (Å²) in [4.78, 5) is 16.1. The minimum absolute atomic E-state index is 0.00882. The zero-order valence-corrected chi connectivity index (χ0v) is 12.2. The number of ether oxygens (including phenoxy) is 1. The van der Waals surface area contributed by atoms with Crippen molar-refractivity contribution in [3.05, 3.63) is 29.8 Å². The molecule has 1 aliphatic heterocycles. The van der Waals surface area contributed by atoms with E-state index in [1.165, 1.54) is 0 Å². The van der Waals surface area contributed by atoms with E-state index >= 15 is 0 Å². The molecular weight excluding hydrogens is 270 g/mol. The molecule has 1 heterocycles. The van der Waals surface area contributed by atoms with Crippen LogP contribution >= 0.6 is 0 Å². The zero-order valence-electron chi connectivity index (χ0n) is 12.2. The summed E-state index contributed by atoms with van der Waals surface area (Å²) in [6.07, 6.45) is 0. The smallest absolute Gasteiger partial charge is 0.260 e. The lowest BCUT2D eigenvalue weighted by Crippen LogP contribution is -2.50. The molecule has 1 aromatic rings. The monoisotopic (exact) mass is 293 g/mol. The van der Waals surface area contributed by atoms with Gasteiger partial charge in [0.1, 0.15) is 5.75 Å². The van der Waals surface area contributed by atoms with Crippen molar-refractivity contribution in [3.63, 3.8) is 0 Å². The van der Waals surface area contributed by atoms with Crippen LogP contribution in [0.2, 0.25) is 0 Å². The van der Waals surface area contributed by atoms with Gasteiger partial charge in [0.2, 0.25) is 0 Å². The Balaban J connectivity index is 1.80. The fourth-order valence-corrected chi connectivity index (χ4v) is 2.41. The predicted molar refractivity (Wildman–Crippen MR) is 79.9 cm³/mol. The van der Waals surface area contributed by atoms with E-state index in [0.29, 0.717) is 31.9 Å². The molecule has 0 spiro atoms. The molecule has 6 heteroatoms. The largest absolute Gasteiger partial charge is 0.483 e. The summed E-state index contributed by atoms with van der Waals surface area (Å²) in [6.45, 7) is 4.22. The summed E-state index contributed by atoms with van der Waals surface area (Å²) >= 11 is 0. The number of carbonyl (C=O) groups excluding carboxylic acids is 1. The number of carbonyl (C=O) groups is 1. The van der Waals surface area contributed by atoms with E-state index in [1.807, 2.05) is 24.3 Å². The van der Waals surface area contributed by atoms with Crippen molar-refractivity contribution in [2.45, 2.75) is 6.54 Å². The lowest BCUT2D eigenvalue weighted by atomic mass is 10.2.